The van der Waals surface area contributed by atoms with Crippen LogP contribution in [0.1, 0.15) is 6.42 Å². The smallest absolute Gasteiger partial charge is 0.146 e. The fourth-order valence-electron chi connectivity index (χ4n) is 1.92. The van der Waals surface area contributed by atoms with Crippen LogP contribution in [0.2, 0.25) is 0 Å². The Morgan fingerprint density at radius 1 is 1.43 bits per heavy atom. The summed E-state index contributed by atoms with van der Waals surface area (Å²) in [7, 11) is 0. The van der Waals surface area contributed by atoms with E-state index < -0.39 is 0 Å². The van der Waals surface area contributed by atoms with Crippen LogP contribution >= 0.6 is 11.8 Å². The second-order valence-corrected chi connectivity index (χ2v) is 4.95. The molecule has 1 unspecified atom stereocenters. The molecule has 0 amide bonds. The lowest BCUT2D eigenvalue weighted by molar-refractivity contribution is -0.119. The number of hydrogen-bond acceptors (Lipinski definition) is 4. The van der Waals surface area contributed by atoms with Gasteiger partial charge >= 0.3 is 0 Å². The first-order valence-electron chi connectivity index (χ1n) is 5.27. The molecule has 2 saturated heterocycles. The fraction of sp³-hybridized carbons (Fsp3) is 0.900. The number of ketones is 1. The number of hydrogen-bond donors (Lipinski definition) is 0. The standard InChI is InChI=1S/C10H17NO2S/c12-10-8-14-7-9(10)1-2-11-3-5-13-6-4-11/h9H,1-8H2. The van der Waals surface area contributed by atoms with Crippen LogP contribution in [-0.4, -0.2) is 55.0 Å². The molecule has 0 spiro atoms. The highest BCUT2D eigenvalue weighted by Gasteiger charge is 2.25. The molecule has 0 aliphatic carbocycles. The number of carbonyl (C=O) groups is 1. The normalized spacial score (nSPS) is 29.7. The number of nitrogens with zero attached hydrogens (tertiary/aromatic N) is 1. The van der Waals surface area contributed by atoms with Crippen molar-refractivity contribution < 1.29 is 9.53 Å². The van der Waals surface area contributed by atoms with Gasteiger partial charge in [-0.2, -0.15) is 11.8 Å². The average molecular weight is 215 g/mol. The number of carbonyl (C=O) groups excluding carboxylic acids is 1. The van der Waals surface area contributed by atoms with Gasteiger partial charge in [0.25, 0.3) is 0 Å². The van der Waals surface area contributed by atoms with Gasteiger partial charge in [-0.05, 0) is 13.0 Å². The van der Waals surface area contributed by atoms with Gasteiger partial charge in [0, 0.05) is 24.8 Å². The van der Waals surface area contributed by atoms with Crippen molar-refractivity contribution in [1.82, 2.24) is 4.90 Å². The molecule has 2 aliphatic rings. The van der Waals surface area contributed by atoms with Gasteiger partial charge in [-0.15, -0.1) is 0 Å². The van der Waals surface area contributed by atoms with Crippen molar-refractivity contribution in [1.29, 1.82) is 0 Å². The van der Waals surface area contributed by atoms with Crippen molar-refractivity contribution in [3.05, 3.63) is 0 Å². The van der Waals surface area contributed by atoms with Crippen molar-refractivity contribution in [2.45, 2.75) is 6.42 Å². The molecule has 0 radical (unpaired) electrons. The first-order chi connectivity index (χ1) is 6.86. The molecule has 80 valence electrons. The highest BCUT2D eigenvalue weighted by molar-refractivity contribution is 8.00. The summed E-state index contributed by atoms with van der Waals surface area (Å²) in [6.45, 7) is 4.85. The summed E-state index contributed by atoms with van der Waals surface area (Å²) in [5, 5.41) is 0. The van der Waals surface area contributed by atoms with Gasteiger partial charge in [0.1, 0.15) is 5.78 Å². The summed E-state index contributed by atoms with van der Waals surface area (Å²) < 4.78 is 5.28. The van der Waals surface area contributed by atoms with Crippen LogP contribution < -0.4 is 0 Å². The Hall–Kier alpha value is -0.0600. The Labute approximate surface area is 89.2 Å². The first kappa shape index (κ1) is 10.5. The lowest BCUT2D eigenvalue weighted by atomic mass is 10.0. The van der Waals surface area contributed by atoms with E-state index in [2.05, 4.69) is 4.90 Å². The van der Waals surface area contributed by atoms with Crippen LogP contribution in [0.4, 0.5) is 0 Å². The summed E-state index contributed by atoms with van der Waals surface area (Å²) in [6, 6.07) is 0. The molecule has 2 heterocycles. The van der Waals surface area contributed by atoms with E-state index >= 15 is 0 Å². The van der Waals surface area contributed by atoms with Crippen molar-refractivity contribution >= 4 is 17.5 Å². The molecule has 3 nitrogen and oxygen atoms in total. The molecular formula is C10H17NO2S. The number of ether oxygens (including phenoxy) is 1. The summed E-state index contributed by atoms with van der Waals surface area (Å²) >= 11 is 1.78. The Kier molecular flexibility index (Phi) is 3.84. The SMILES string of the molecule is O=C1CSCC1CCN1CCOCC1. The summed E-state index contributed by atoms with van der Waals surface area (Å²) in [5.41, 5.74) is 0. The molecular weight excluding hydrogens is 198 g/mol. The van der Waals surface area contributed by atoms with Gasteiger partial charge in [-0.25, -0.2) is 0 Å². The number of Topliss-reactive ketones (excluding diaryl/α,β-unsaturated/α-hetero) is 1. The lowest BCUT2D eigenvalue weighted by Gasteiger charge is -2.27. The van der Waals surface area contributed by atoms with Gasteiger partial charge in [0.05, 0.1) is 19.0 Å². The molecule has 0 aromatic rings. The van der Waals surface area contributed by atoms with Crippen molar-refractivity contribution in [2.75, 3.05) is 44.4 Å². The topological polar surface area (TPSA) is 29.5 Å². The molecule has 2 rings (SSSR count). The van der Waals surface area contributed by atoms with Crippen molar-refractivity contribution in [2.24, 2.45) is 5.92 Å². The van der Waals surface area contributed by atoms with Gasteiger partial charge in [-0.1, -0.05) is 0 Å². The van der Waals surface area contributed by atoms with E-state index in [1.807, 2.05) is 0 Å². The zero-order chi connectivity index (χ0) is 9.80. The van der Waals surface area contributed by atoms with Gasteiger partial charge in [0.15, 0.2) is 0 Å². The second kappa shape index (κ2) is 5.14. The van der Waals surface area contributed by atoms with Crippen molar-refractivity contribution in [3.8, 4) is 0 Å². The molecule has 0 aromatic carbocycles. The van der Waals surface area contributed by atoms with E-state index in [0.717, 1.165) is 50.8 Å². The van der Waals surface area contributed by atoms with Crippen LogP contribution in [0.15, 0.2) is 0 Å². The molecule has 2 aliphatic heterocycles. The van der Waals surface area contributed by atoms with Gasteiger partial charge in [-0.3, -0.25) is 9.69 Å². The van der Waals surface area contributed by atoms with Crippen LogP contribution in [0.5, 0.6) is 0 Å². The zero-order valence-electron chi connectivity index (χ0n) is 8.41. The molecule has 0 aromatic heterocycles. The van der Waals surface area contributed by atoms with Gasteiger partial charge in [0.2, 0.25) is 0 Å². The molecule has 4 heteroatoms. The first-order valence-corrected chi connectivity index (χ1v) is 6.42. The minimum absolute atomic E-state index is 0.336. The molecule has 0 bridgehead atoms. The third-order valence-corrected chi connectivity index (χ3v) is 4.04. The maximum absolute atomic E-state index is 11.4. The Bertz CT molecular complexity index is 204. The van der Waals surface area contributed by atoms with Crippen LogP contribution in [0.25, 0.3) is 0 Å². The minimum atomic E-state index is 0.336. The predicted octanol–water partition coefficient (Wildman–Crippen LogP) is 0.641. The Balaban J connectivity index is 1.68. The predicted molar refractivity (Wildman–Crippen MR) is 57.7 cm³/mol. The second-order valence-electron chi connectivity index (χ2n) is 3.92. The highest BCUT2D eigenvalue weighted by atomic mass is 32.2. The van der Waals surface area contributed by atoms with Gasteiger partial charge < -0.3 is 4.74 Å². The van der Waals surface area contributed by atoms with E-state index in [4.69, 9.17) is 4.74 Å². The maximum atomic E-state index is 11.4. The third-order valence-electron chi connectivity index (χ3n) is 2.92. The molecule has 2 fully saturated rings. The van der Waals surface area contributed by atoms with E-state index in [1.54, 1.807) is 11.8 Å². The van der Waals surface area contributed by atoms with Crippen LogP contribution in [0, 0.1) is 5.92 Å². The van der Waals surface area contributed by atoms with E-state index in [9.17, 15) is 4.79 Å². The van der Waals surface area contributed by atoms with E-state index in [-0.39, 0.29) is 0 Å². The summed E-state index contributed by atoms with van der Waals surface area (Å²) in [4.78, 5) is 13.8. The fourth-order valence-corrected chi connectivity index (χ4v) is 3.11. The Morgan fingerprint density at radius 2 is 2.21 bits per heavy atom. The van der Waals surface area contributed by atoms with Crippen LogP contribution in [-0.2, 0) is 9.53 Å². The van der Waals surface area contributed by atoms with Crippen LogP contribution in [0.3, 0.4) is 0 Å². The summed E-state index contributed by atoms with van der Waals surface area (Å²) in [6.07, 6.45) is 1.05. The lowest BCUT2D eigenvalue weighted by Crippen LogP contribution is -2.37. The van der Waals surface area contributed by atoms with E-state index in [1.165, 1.54) is 0 Å². The molecule has 0 saturated carbocycles. The maximum Gasteiger partial charge on any atom is 0.146 e. The largest absolute Gasteiger partial charge is 0.379 e. The highest BCUT2D eigenvalue weighted by Crippen LogP contribution is 2.23. The van der Waals surface area contributed by atoms with Crippen molar-refractivity contribution in [3.63, 3.8) is 0 Å². The monoisotopic (exact) mass is 215 g/mol. The number of morpholine rings is 1. The average Bonchev–Trinajstić information content (AvgIpc) is 2.63. The third kappa shape index (κ3) is 2.72. The Morgan fingerprint density at radius 3 is 2.86 bits per heavy atom. The molecule has 0 N–H and O–H groups in total. The number of rotatable bonds is 3. The summed E-state index contributed by atoms with van der Waals surface area (Å²) in [5.74, 6) is 2.59. The van der Waals surface area contributed by atoms with E-state index in [0.29, 0.717) is 11.7 Å². The minimum Gasteiger partial charge on any atom is -0.379 e. The quantitative estimate of drug-likeness (QED) is 0.691. The molecule has 1 atom stereocenters. The number of thioether (sulfide) groups is 1. The zero-order valence-corrected chi connectivity index (χ0v) is 9.22. The molecule has 14 heavy (non-hydrogen) atoms.